The minimum atomic E-state index is -0.484. The minimum absolute atomic E-state index is 0.0495. The Morgan fingerprint density at radius 3 is 2.64 bits per heavy atom. The van der Waals surface area contributed by atoms with Crippen LogP contribution in [0.2, 0.25) is 0 Å². The first kappa shape index (κ1) is 16.6. The van der Waals surface area contributed by atoms with Crippen molar-refractivity contribution < 1.29 is 14.5 Å². The van der Waals surface area contributed by atoms with Gasteiger partial charge in [-0.2, -0.15) is 0 Å². The maximum atomic E-state index is 11.9. The number of nitro benzene ring substituents is 1. The van der Waals surface area contributed by atoms with Gasteiger partial charge in [-0.25, -0.2) is 0 Å². The lowest BCUT2D eigenvalue weighted by Gasteiger charge is -2.06. The number of nitro groups is 1. The highest BCUT2D eigenvalue weighted by molar-refractivity contribution is 5.78. The third-order valence-electron chi connectivity index (χ3n) is 3.82. The number of esters is 1. The number of rotatable bonds is 6. The first-order valence-corrected chi connectivity index (χ1v) is 7.86. The number of aryl methyl sites for hydroxylation is 1. The minimum Gasteiger partial charge on any atom is -0.461 e. The van der Waals surface area contributed by atoms with Gasteiger partial charge in [-0.1, -0.05) is 36.4 Å². The van der Waals surface area contributed by atoms with E-state index >= 15 is 0 Å². The lowest BCUT2D eigenvalue weighted by molar-refractivity contribution is -0.385. The standard InChI is InChI=1S/C19H16N2O4/c22-19(25-13-15-6-2-4-8-18(15)21(23)24)12-11-16-10-9-14-5-1-3-7-17(14)20-16/h1-10H,11-13H2. The molecule has 0 unspecified atom stereocenters. The number of nitrogens with zero attached hydrogens (tertiary/aromatic N) is 2. The van der Waals surface area contributed by atoms with Crippen molar-refractivity contribution >= 4 is 22.6 Å². The number of pyridine rings is 1. The first-order valence-electron chi connectivity index (χ1n) is 7.86. The summed E-state index contributed by atoms with van der Waals surface area (Å²) in [5, 5.41) is 12.0. The summed E-state index contributed by atoms with van der Waals surface area (Å²) in [7, 11) is 0. The largest absolute Gasteiger partial charge is 0.461 e. The summed E-state index contributed by atoms with van der Waals surface area (Å²) >= 11 is 0. The number of ether oxygens (including phenoxy) is 1. The summed E-state index contributed by atoms with van der Waals surface area (Å²) in [4.78, 5) is 26.9. The maximum absolute atomic E-state index is 11.9. The number of para-hydroxylation sites is 2. The molecule has 0 aliphatic heterocycles. The first-order chi connectivity index (χ1) is 12.1. The van der Waals surface area contributed by atoms with Gasteiger partial charge in [0, 0.05) is 23.6 Å². The Morgan fingerprint density at radius 2 is 1.80 bits per heavy atom. The van der Waals surface area contributed by atoms with Crippen LogP contribution in [0.15, 0.2) is 60.7 Å². The van der Waals surface area contributed by atoms with Gasteiger partial charge in [0.1, 0.15) is 6.61 Å². The summed E-state index contributed by atoms with van der Waals surface area (Å²) in [6, 6.07) is 17.8. The highest BCUT2D eigenvalue weighted by Crippen LogP contribution is 2.19. The Morgan fingerprint density at radius 1 is 1.04 bits per heavy atom. The van der Waals surface area contributed by atoms with E-state index in [1.165, 1.54) is 6.07 Å². The summed E-state index contributed by atoms with van der Waals surface area (Å²) in [6.45, 7) is -0.110. The van der Waals surface area contributed by atoms with E-state index < -0.39 is 10.9 Å². The fourth-order valence-corrected chi connectivity index (χ4v) is 2.52. The van der Waals surface area contributed by atoms with Gasteiger partial charge in [0.2, 0.25) is 0 Å². The molecule has 6 heteroatoms. The van der Waals surface area contributed by atoms with E-state index in [9.17, 15) is 14.9 Å². The van der Waals surface area contributed by atoms with E-state index in [1.54, 1.807) is 18.2 Å². The number of hydrogen-bond acceptors (Lipinski definition) is 5. The van der Waals surface area contributed by atoms with Crippen molar-refractivity contribution in [3.8, 4) is 0 Å². The molecule has 0 aliphatic carbocycles. The van der Waals surface area contributed by atoms with Crippen LogP contribution in [0.5, 0.6) is 0 Å². The van der Waals surface area contributed by atoms with Gasteiger partial charge in [-0.05, 0) is 18.2 Å². The molecule has 1 aromatic heterocycles. The van der Waals surface area contributed by atoms with Crippen LogP contribution in [0.25, 0.3) is 10.9 Å². The van der Waals surface area contributed by atoms with E-state index in [0.717, 1.165) is 16.6 Å². The Hall–Kier alpha value is -3.28. The third-order valence-corrected chi connectivity index (χ3v) is 3.82. The topological polar surface area (TPSA) is 82.3 Å². The average molecular weight is 336 g/mol. The molecule has 0 N–H and O–H groups in total. The lowest BCUT2D eigenvalue weighted by atomic mass is 10.1. The number of benzene rings is 2. The second-order valence-electron chi connectivity index (χ2n) is 5.54. The molecule has 0 amide bonds. The molecule has 25 heavy (non-hydrogen) atoms. The number of hydrogen-bond donors (Lipinski definition) is 0. The molecule has 126 valence electrons. The number of carbonyl (C=O) groups excluding carboxylic acids is 1. The van der Waals surface area contributed by atoms with Crippen molar-refractivity contribution in [3.05, 3.63) is 82.0 Å². The molecule has 0 fully saturated rings. The van der Waals surface area contributed by atoms with E-state index in [-0.39, 0.29) is 18.7 Å². The molecule has 3 aromatic rings. The van der Waals surface area contributed by atoms with Crippen molar-refractivity contribution in [1.82, 2.24) is 4.98 Å². The van der Waals surface area contributed by atoms with Crippen LogP contribution in [0.3, 0.4) is 0 Å². The zero-order chi connectivity index (χ0) is 17.6. The van der Waals surface area contributed by atoms with E-state index in [0.29, 0.717) is 12.0 Å². The van der Waals surface area contributed by atoms with Gasteiger partial charge in [-0.15, -0.1) is 0 Å². The molecular formula is C19H16N2O4. The molecule has 0 saturated heterocycles. The predicted molar refractivity (Wildman–Crippen MR) is 93.0 cm³/mol. The number of aromatic nitrogens is 1. The lowest BCUT2D eigenvalue weighted by Crippen LogP contribution is -2.07. The van der Waals surface area contributed by atoms with Gasteiger partial charge >= 0.3 is 5.97 Å². The van der Waals surface area contributed by atoms with Gasteiger partial charge in [0.25, 0.3) is 5.69 Å². The van der Waals surface area contributed by atoms with Crippen LogP contribution in [-0.2, 0) is 22.6 Å². The normalized spacial score (nSPS) is 10.6. The molecule has 2 aromatic carbocycles. The number of fused-ring (bicyclic) bond motifs is 1. The van der Waals surface area contributed by atoms with Crippen LogP contribution in [-0.4, -0.2) is 15.9 Å². The van der Waals surface area contributed by atoms with Gasteiger partial charge in [-0.3, -0.25) is 19.9 Å². The Labute approximate surface area is 144 Å². The fourth-order valence-electron chi connectivity index (χ4n) is 2.52. The molecule has 6 nitrogen and oxygen atoms in total. The fraction of sp³-hybridized carbons (Fsp3) is 0.158. The van der Waals surface area contributed by atoms with Crippen LogP contribution in [0.4, 0.5) is 5.69 Å². The third kappa shape index (κ3) is 4.17. The van der Waals surface area contributed by atoms with Crippen molar-refractivity contribution in [2.45, 2.75) is 19.4 Å². The molecule has 0 spiro atoms. The summed E-state index contributed by atoms with van der Waals surface area (Å²) in [5.74, 6) is -0.409. The second kappa shape index (κ2) is 7.53. The van der Waals surface area contributed by atoms with Crippen LogP contribution < -0.4 is 0 Å². The Bertz CT molecular complexity index is 924. The summed E-state index contributed by atoms with van der Waals surface area (Å²) < 4.78 is 5.16. The van der Waals surface area contributed by atoms with Crippen molar-refractivity contribution in [3.63, 3.8) is 0 Å². The molecular weight excluding hydrogens is 320 g/mol. The summed E-state index contributed by atoms with van der Waals surface area (Å²) in [6.07, 6.45) is 0.631. The molecule has 0 radical (unpaired) electrons. The Kier molecular flexibility index (Phi) is 4.99. The van der Waals surface area contributed by atoms with Crippen molar-refractivity contribution in [2.75, 3.05) is 0 Å². The van der Waals surface area contributed by atoms with Crippen molar-refractivity contribution in [2.24, 2.45) is 0 Å². The predicted octanol–water partition coefficient (Wildman–Crippen LogP) is 3.82. The highest BCUT2D eigenvalue weighted by Gasteiger charge is 2.14. The zero-order valence-corrected chi connectivity index (χ0v) is 13.4. The average Bonchev–Trinajstić information content (AvgIpc) is 2.64. The van der Waals surface area contributed by atoms with Crippen LogP contribution >= 0.6 is 0 Å². The molecule has 3 rings (SSSR count). The molecule has 0 saturated carbocycles. The van der Waals surface area contributed by atoms with Gasteiger partial charge in [0.05, 0.1) is 22.4 Å². The molecule has 0 aliphatic rings. The van der Waals surface area contributed by atoms with Crippen LogP contribution in [0, 0.1) is 10.1 Å². The zero-order valence-electron chi connectivity index (χ0n) is 13.4. The Balaban J connectivity index is 1.57. The van der Waals surface area contributed by atoms with Crippen molar-refractivity contribution in [1.29, 1.82) is 0 Å². The van der Waals surface area contributed by atoms with Gasteiger partial charge in [0.15, 0.2) is 0 Å². The number of carbonyl (C=O) groups is 1. The molecule has 1 heterocycles. The van der Waals surface area contributed by atoms with Gasteiger partial charge < -0.3 is 4.74 Å². The highest BCUT2D eigenvalue weighted by atomic mass is 16.6. The second-order valence-corrected chi connectivity index (χ2v) is 5.54. The molecule has 0 bridgehead atoms. The maximum Gasteiger partial charge on any atom is 0.306 e. The summed E-state index contributed by atoms with van der Waals surface area (Å²) in [5.41, 5.74) is 2.02. The molecule has 0 atom stereocenters. The van der Waals surface area contributed by atoms with E-state index in [1.807, 2.05) is 36.4 Å². The van der Waals surface area contributed by atoms with E-state index in [4.69, 9.17) is 4.74 Å². The monoisotopic (exact) mass is 336 g/mol. The quantitative estimate of drug-likeness (QED) is 0.388. The smallest absolute Gasteiger partial charge is 0.306 e. The van der Waals surface area contributed by atoms with Crippen LogP contribution in [0.1, 0.15) is 17.7 Å². The SMILES string of the molecule is O=C(CCc1ccc2ccccc2n1)OCc1ccccc1[N+](=O)[O-]. The van der Waals surface area contributed by atoms with E-state index in [2.05, 4.69) is 4.98 Å².